The van der Waals surface area contributed by atoms with Gasteiger partial charge in [-0.2, -0.15) is 0 Å². The van der Waals surface area contributed by atoms with Gasteiger partial charge in [0.25, 0.3) is 0 Å². The molecule has 0 heterocycles. The van der Waals surface area contributed by atoms with Crippen LogP contribution in [0.5, 0.6) is 0 Å². The number of hydrogen-bond acceptors (Lipinski definition) is 1. The lowest BCUT2D eigenvalue weighted by atomic mass is 9.95. The molecule has 18 heavy (non-hydrogen) atoms. The van der Waals surface area contributed by atoms with Gasteiger partial charge in [-0.3, -0.25) is 4.79 Å². The molecule has 0 aliphatic heterocycles. The first-order valence-corrected chi connectivity index (χ1v) is 6.74. The highest BCUT2D eigenvalue weighted by Gasteiger charge is 2.39. The zero-order valence-electron chi connectivity index (χ0n) is 10.4. The molecule has 2 bridgehead atoms. The van der Waals surface area contributed by atoms with Crippen molar-refractivity contribution in [3.8, 4) is 0 Å². The van der Waals surface area contributed by atoms with Gasteiger partial charge >= 0.3 is 0 Å². The Morgan fingerprint density at radius 2 is 2.00 bits per heavy atom. The molecule has 3 heteroatoms. The summed E-state index contributed by atoms with van der Waals surface area (Å²) in [4.78, 5) is 11.9. The highest BCUT2D eigenvalue weighted by molar-refractivity contribution is 5.78. The predicted molar refractivity (Wildman–Crippen MR) is 67.5 cm³/mol. The van der Waals surface area contributed by atoms with Gasteiger partial charge in [-0.05, 0) is 48.8 Å². The number of carbonyl (C=O) groups is 1. The van der Waals surface area contributed by atoms with Crippen LogP contribution in [-0.2, 0) is 11.2 Å². The Hall–Kier alpha value is -1.38. The maximum atomic E-state index is 12.8. The second-order valence-electron chi connectivity index (χ2n) is 5.65. The topological polar surface area (TPSA) is 29.1 Å². The Balaban J connectivity index is 1.54. The van der Waals surface area contributed by atoms with Gasteiger partial charge in [0.2, 0.25) is 5.91 Å². The maximum absolute atomic E-state index is 12.8. The van der Waals surface area contributed by atoms with Crippen LogP contribution in [0.25, 0.3) is 0 Å². The summed E-state index contributed by atoms with van der Waals surface area (Å²) < 4.78 is 12.8. The van der Waals surface area contributed by atoms with Gasteiger partial charge in [-0.15, -0.1) is 0 Å². The maximum Gasteiger partial charge on any atom is 0.224 e. The van der Waals surface area contributed by atoms with Crippen LogP contribution in [0.15, 0.2) is 24.3 Å². The molecule has 2 aliphatic carbocycles. The van der Waals surface area contributed by atoms with Crippen molar-refractivity contribution in [2.24, 2.45) is 11.8 Å². The van der Waals surface area contributed by atoms with E-state index in [1.54, 1.807) is 12.1 Å². The number of carbonyl (C=O) groups excluding carboxylic acids is 1. The molecular formula is C15H18FNO. The van der Waals surface area contributed by atoms with Crippen molar-refractivity contribution in [3.05, 3.63) is 35.6 Å². The van der Waals surface area contributed by atoms with E-state index in [1.807, 2.05) is 0 Å². The van der Waals surface area contributed by atoms with E-state index in [1.165, 1.54) is 31.4 Å². The van der Waals surface area contributed by atoms with E-state index in [2.05, 4.69) is 5.32 Å². The Bertz CT molecular complexity index is 442. The van der Waals surface area contributed by atoms with Crippen LogP contribution in [-0.4, -0.2) is 11.9 Å². The summed E-state index contributed by atoms with van der Waals surface area (Å²) in [7, 11) is 0. The number of halogens is 1. The quantitative estimate of drug-likeness (QED) is 0.874. The molecule has 1 aromatic rings. The number of amides is 1. The third kappa shape index (κ3) is 2.40. The van der Waals surface area contributed by atoms with Crippen molar-refractivity contribution in [2.45, 2.75) is 38.1 Å². The Labute approximate surface area is 107 Å². The summed E-state index contributed by atoms with van der Waals surface area (Å²) in [6, 6.07) is 6.54. The summed E-state index contributed by atoms with van der Waals surface area (Å²) in [6.07, 6.45) is 5.41. The zero-order valence-corrected chi connectivity index (χ0v) is 10.4. The van der Waals surface area contributed by atoms with Gasteiger partial charge in [0.1, 0.15) is 5.82 Å². The van der Waals surface area contributed by atoms with Crippen molar-refractivity contribution >= 4 is 5.91 Å². The molecule has 0 spiro atoms. The van der Waals surface area contributed by atoms with Gasteiger partial charge in [0, 0.05) is 6.04 Å². The van der Waals surface area contributed by atoms with E-state index < -0.39 is 0 Å². The molecule has 2 fully saturated rings. The first-order chi connectivity index (χ1) is 8.70. The van der Waals surface area contributed by atoms with E-state index in [0.717, 1.165) is 17.9 Å². The number of nitrogens with one attached hydrogen (secondary N) is 1. The molecule has 0 unspecified atom stereocenters. The van der Waals surface area contributed by atoms with Gasteiger partial charge in [-0.25, -0.2) is 4.39 Å². The number of rotatable bonds is 3. The van der Waals surface area contributed by atoms with Gasteiger partial charge in [0.05, 0.1) is 6.42 Å². The molecule has 0 aromatic heterocycles. The van der Waals surface area contributed by atoms with Gasteiger partial charge < -0.3 is 5.32 Å². The van der Waals surface area contributed by atoms with Crippen molar-refractivity contribution in [1.29, 1.82) is 0 Å². The minimum Gasteiger partial charge on any atom is -0.353 e. The SMILES string of the molecule is O=C(Cc1ccc(F)cc1)N[C@@H]1C[C@H]2CC[C@@H]1C2. The van der Waals surface area contributed by atoms with E-state index in [9.17, 15) is 9.18 Å². The van der Waals surface area contributed by atoms with Crippen LogP contribution in [0.1, 0.15) is 31.2 Å². The second-order valence-corrected chi connectivity index (χ2v) is 5.65. The monoisotopic (exact) mass is 247 g/mol. The molecule has 3 rings (SSSR count). The van der Waals surface area contributed by atoms with Gasteiger partial charge in [0.15, 0.2) is 0 Å². The van der Waals surface area contributed by atoms with Gasteiger partial charge in [-0.1, -0.05) is 18.6 Å². The summed E-state index contributed by atoms with van der Waals surface area (Å²) in [5.74, 6) is 1.35. The normalized spacial score (nSPS) is 29.5. The molecule has 2 nitrogen and oxygen atoms in total. The number of benzene rings is 1. The molecule has 0 radical (unpaired) electrons. The third-order valence-electron chi connectivity index (χ3n) is 4.36. The average molecular weight is 247 g/mol. The summed E-state index contributed by atoms with van der Waals surface area (Å²) in [6.45, 7) is 0. The third-order valence-corrected chi connectivity index (χ3v) is 4.36. The van der Waals surface area contributed by atoms with Crippen LogP contribution in [0.3, 0.4) is 0 Å². The van der Waals surface area contributed by atoms with Crippen LogP contribution >= 0.6 is 0 Å². The fourth-order valence-corrected chi connectivity index (χ4v) is 3.47. The van der Waals surface area contributed by atoms with Crippen LogP contribution in [0, 0.1) is 17.7 Å². The summed E-state index contributed by atoms with van der Waals surface area (Å²) in [5, 5.41) is 3.14. The zero-order chi connectivity index (χ0) is 12.5. The van der Waals surface area contributed by atoms with E-state index in [4.69, 9.17) is 0 Å². The average Bonchev–Trinajstić information content (AvgIpc) is 2.94. The molecular weight excluding hydrogens is 229 g/mol. The largest absolute Gasteiger partial charge is 0.353 e. The smallest absolute Gasteiger partial charge is 0.224 e. The lowest BCUT2D eigenvalue weighted by Crippen LogP contribution is -2.39. The van der Waals surface area contributed by atoms with Crippen LogP contribution in [0.2, 0.25) is 0 Å². The molecule has 1 aromatic carbocycles. The van der Waals surface area contributed by atoms with Crippen molar-refractivity contribution in [3.63, 3.8) is 0 Å². The molecule has 1 N–H and O–H groups in total. The molecule has 1 amide bonds. The standard InChI is InChI=1S/C15H18FNO/c16-13-5-2-10(3-6-13)9-15(18)17-14-8-11-1-4-12(14)7-11/h2-3,5-6,11-12,14H,1,4,7-9H2,(H,17,18)/t11-,12+,14+/m0/s1. The lowest BCUT2D eigenvalue weighted by molar-refractivity contribution is -0.121. The molecule has 96 valence electrons. The molecule has 0 saturated heterocycles. The minimum atomic E-state index is -0.257. The highest BCUT2D eigenvalue weighted by Crippen LogP contribution is 2.44. The number of fused-ring (bicyclic) bond motifs is 2. The van der Waals surface area contributed by atoms with E-state index in [-0.39, 0.29) is 11.7 Å². The Kier molecular flexibility index (Phi) is 3.06. The first kappa shape index (κ1) is 11.7. The van der Waals surface area contributed by atoms with Crippen LogP contribution in [0.4, 0.5) is 4.39 Å². The van der Waals surface area contributed by atoms with Crippen molar-refractivity contribution in [2.75, 3.05) is 0 Å². The second kappa shape index (κ2) is 4.71. The fraction of sp³-hybridized carbons (Fsp3) is 0.533. The first-order valence-electron chi connectivity index (χ1n) is 6.74. The minimum absolute atomic E-state index is 0.0687. The van der Waals surface area contributed by atoms with E-state index >= 15 is 0 Å². The Morgan fingerprint density at radius 1 is 1.22 bits per heavy atom. The molecule has 2 saturated carbocycles. The lowest BCUT2D eigenvalue weighted by Gasteiger charge is -2.22. The highest BCUT2D eigenvalue weighted by atomic mass is 19.1. The molecule has 3 atom stereocenters. The van der Waals surface area contributed by atoms with Crippen molar-refractivity contribution in [1.82, 2.24) is 5.32 Å². The fourth-order valence-electron chi connectivity index (χ4n) is 3.47. The Morgan fingerprint density at radius 3 is 2.61 bits per heavy atom. The predicted octanol–water partition coefficient (Wildman–Crippen LogP) is 2.67. The number of hydrogen-bond donors (Lipinski definition) is 1. The molecule has 2 aliphatic rings. The van der Waals surface area contributed by atoms with Crippen molar-refractivity contribution < 1.29 is 9.18 Å². The van der Waals surface area contributed by atoms with E-state index in [0.29, 0.717) is 18.4 Å². The summed E-state index contributed by atoms with van der Waals surface area (Å²) in [5.41, 5.74) is 0.872. The summed E-state index contributed by atoms with van der Waals surface area (Å²) >= 11 is 0. The van der Waals surface area contributed by atoms with Crippen LogP contribution < -0.4 is 5.32 Å².